The standard InChI is InChI=1S/C19H22N2O2S/c1-12-5-6-13(2)17(9-12)21-19(20)24-11-16-10-15(14(3)22)7-8-18(16)23-4/h5-10H,11H2,1-4H3,(H2,20,21). The molecular weight excluding hydrogens is 320 g/mol. The zero-order valence-corrected chi connectivity index (χ0v) is 15.2. The maximum atomic E-state index is 11.5. The average Bonchev–Trinajstić information content (AvgIpc) is 2.56. The highest BCUT2D eigenvalue weighted by atomic mass is 32.2. The van der Waals surface area contributed by atoms with E-state index in [0.29, 0.717) is 16.5 Å². The van der Waals surface area contributed by atoms with Gasteiger partial charge in [-0.05, 0) is 56.2 Å². The summed E-state index contributed by atoms with van der Waals surface area (Å²) in [7, 11) is 1.62. The van der Waals surface area contributed by atoms with Crippen LogP contribution in [0.5, 0.6) is 5.75 Å². The Morgan fingerprint density at radius 2 is 1.96 bits per heavy atom. The minimum absolute atomic E-state index is 0.0286. The molecule has 0 fully saturated rings. The van der Waals surface area contributed by atoms with Crippen molar-refractivity contribution in [3.05, 3.63) is 58.7 Å². The van der Waals surface area contributed by atoms with Crippen LogP contribution >= 0.6 is 11.8 Å². The van der Waals surface area contributed by atoms with E-state index in [0.717, 1.165) is 28.1 Å². The highest BCUT2D eigenvalue weighted by Crippen LogP contribution is 2.26. The van der Waals surface area contributed by atoms with Crippen LogP contribution in [0.1, 0.15) is 34.0 Å². The molecule has 24 heavy (non-hydrogen) atoms. The molecule has 0 aliphatic carbocycles. The van der Waals surface area contributed by atoms with Crippen LogP contribution in [0.2, 0.25) is 0 Å². The first-order chi connectivity index (χ1) is 11.4. The third-order valence-corrected chi connectivity index (χ3v) is 4.50. The minimum atomic E-state index is 0.0286. The summed E-state index contributed by atoms with van der Waals surface area (Å²) in [5.41, 5.74) is 10.8. The molecule has 2 aromatic rings. The summed E-state index contributed by atoms with van der Waals surface area (Å²) in [6.07, 6.45) is 0. The monoisotopic (exact) mass is 342 g/mol. The summed E-state index contributed by atoms with van der Waals surface area (Å²) < 4.78 is 5.36. The molecule has 0 aliphatic heterocycles. The molecule has 2 N–H and O–H groups in total. The third-order valence-electron chi connectivity index (χ3n) is 3.66. The van der Waals surface area contributed by atoms with Gasteiger partial charge in [-0.25, -0.2) is 4.99 Å². The molecule has 0 saturated carbocycles. The molecule has 2 rings (SSSR count). The van der Waals surface area contributed by atoms with Crippen LogP contribution in [-0.2, 0) is 5.75 Å². The Bertz CT molecular complexity index is 785. The average molecular weight is 342 g/mol. The smallest absolute Gasteiger partial charge is 0.159 e. The number of rotatable bonds is 5. The van der Waals surface area contributed by atoms with E-state index in [-0.39, 0.29) is 5.78 Å². The van der Waals surface area contributed by atoms with Gasteiger partial charge in [0.25, 0.3) is 0 Å². The summed E-state index contributed by atoms with van der Waals surface area (Å²) in [5.74, 6) is 1.36. The number of benzene rings is 2. The Hall–Kier alpha value is -2.27. The zero-order valence-electron chi connectivity index (χ0n) is 14.4. The number of nitrogens with zero attached hydrogens (tertiary/aromatic N) is 1. The Morgan fingerprint density at radius 3 is 2.62 bits per heavy atom. The van der Waals surface area contributed by atoms with Crippen molar-refractivity contribution in [2.45, 2.75) is 26.5 Å². The van der Waals surface area contributed by atoms with Crippen molar-refractivity contribution in [1.29, 1.82) is 0 Å². The molecule has 0 saturated heterocycles. The fraction of sp³-hybridized carbons (Fsp3) is 0.263. The lowest BCUT2D eigenvalue weighted by atomic mass is 10.1. The van der Waals surface area contributed by atoms with Crippen LogP contribution in [0.3, 0.4) is 0 Å². The molecule has 0 atom stereocenters. The van der Waals surface area contributed by atoms with E-state index >= 15 is 0 Å². The first kappa shape index (κ1) is 18.1. The number of carbonyl (C=O) groups is 1. The van der Waals surface area contributed by atoms with Gasteiger partial charge < -0.3 is 10.5 Å². The van der Waals surface area contributed by atoms with Crippen LogP contribution in [0.4, 0.5) is 5.69 Å². The van der Waals surface area contributed by atoms with Crippen molar-refractivity contribution < 1.29 is 9.53 Å². The predicted molar refractivity (Wildman–Crippen MR) is 101 cm³/mol. The summed E-state index contributed by atoms with van der Waals surface area (Å²) in [6, 6.07) is 11.5. The molecule has 0 heterocycles. The number of aryl methyl sites for hydroxylation is 2. The number of nitrogens with two attached hydrogens (primary N) is 1. The lowest BCUT2D eigenvalue weighted by Crippen LogP contribution is -2.07. The SMILES string of the molecule is COc1ccc(C(C)=O)cc1CSC(N)=Nc1cc(C)ccc1C. The number of Topliss-reactive ketones (excluding diaryl/α,β-unsaturated/α-hetero) is 1. The number of hydrogen-bond donors (Lipinski definition) is 1. The lowest BCUT2D eigenvalue weighted by Gasteiger charge is -2.10. The van der Waals surface area contributed by atoms with E-state index in [9.17, 15) is 4.79 Å². The Labute approximate surface area is 147 Å². The quantitative estimate of drug-likeness (QED) is 0.497. The second-order valence-corrected chi connectivity index (χ2v) is 6.61. The van der Waals surface area contributed by atoms with Gasteiger partial charge in [0, 0.05) is 16.9 Å². The zero-order chi connectivity index (χ0) is 17.7. The van der Waals surface area contributed by atoms with Gasteiger partial charge in [0.1, 0.15) is 5.75 Å². The van der Waals surface area contributed by atoms with Crippen LogP contribution in [-0.4, -0.2) is 18.1 Å². The predicted octanol–water partition coefficient (Wildman–Crippen LogP) is 4.39. The fourth-order valence-corrected chi connectivity index (χ4v) is 2.94. The molecule has 0 amide bonds. The number of aliphatic imine (C=N–C) groups is 1. The molecule has 0 aromatic heterocycles. The van der Waals surface area contributed by atoms with Gasteiger partial charge in [0.05, 0.1) is 12.8 Å². The van der Waals surface area contributed by atoms with Crippen LogP contribution in [0, 0.1) is 13.8 Å². The van der Waals surface area contributed by atoms with Crippen LogP contribution in [0.25, 0.3) is 0 Å². The van der Waals surface area contributed by atoms with Gasteiger partial charge in [-0.1, -0.05) is 23.9 Å². The molecule has 0 spiro atoms. The van der Waals surface area contributed by atoms with Gasteiger partial charge in [-0.2, -0.15) is 0 Å². The van der Waals surface area contributed by atoms with Crippen molar-refractivity contribution in [1.82, 2.24) is 0 Å². The number of hydrogen-bond acceptors (Lipinski definition) is 4. The van der Waals surface area contributed by atoms with Gasteiger partial charge in [0.2, 0.25) is 0 Å². The Morgan fingerprint density at radius 1 is 1.21 bits per heavy atom. The second kappa shape index (κ2) is 8.02. The maximum absolute atomic E-state index is 11.5. The maximum Gasteiger partial charge on any atom is 0.159 e. The highest BCUT2D eigenvalue weighted by molar-refractivity contribution is 8.13. The molecular formula is C19H22N2O2S. The first-order valence-corrected chi connectivity index (χ1v) is 8.61. The molecule has 4 nitrogen and oxygen atoms in total. The van der Waals surface area contributed by atoms with E-state index in [1.165, 1.54) is 11.8 Å². The summed E-state index contributed by atoms with van der Waals surface area (Å²) in [6.45, 7) is 5.59. The van der Waals surface area contributed by atoms with Gasteiger partial charge >= 0.3 is 0 Å². The van der Waals surface area contributed by atoms with Gasteiger partial charge in [0.15, 0.2) is 11.0 Å². The van der Waals surface area contributed by atoms with Gasteiger partial charge in [-0.15, -0.1) is 0 Å². The van der Waals surface area contributed by atoms with Crippen LogP contribution in [0.15, 0.2) is 41.4 Å². The van der Waals surface area contributed by atoms with Crippen molar-refractivity contribution in [3.8, 4) is 5.75 Å². The topological polar surface area (TPSA) is 64.7 Å². The second-order valence-electron chi connectivity index (χ2n) is 5.61. The van der Waals surface area contributed by atoms with E-state index < -0.39 is 0 Å². The van der Waals surface area contributed by atoms with E-state index in [1.807, 2.05) is 38.1 Å². The normalized spacial score (nSPS) is 11.4. The van der Waals surface area contributed by atoms with E-state index in [2.05, 4.69) is 11.1 Å². The third kappa shape index (κ3) is 4.61. The van der Waals surface area contributed by atoms with Crippen molar-refractivity contribution in [3.63, 3.8) is 0 Å². The van der Waals surface area contributed by atoms with Gasteiger partial charge in [-0.3, -0.25) is 4.79 Å². The number of ketones is 1. The van der Waals surface area contributed by atoms with E-state index in [1.54, 1.807) is 20.1 Å². The first-order valence-electron chi connectivity index (χ1n) is 7.62. The number of ether oxygens (including phenoxy) is 1. The summed E-state index contributed by atoms with van der Waals surface area (Å²) in [4.78, 5) is 16.0. The lowest BCUT2D eigenvalue weighted by molar-refractivity contribution is 0.101. The van der Waals surface area contributed by atoms with Crippen molar-refractivity contribution in [2.75, 3.05) is 7.11 Å². The molecule has 126 valence electrons. The molecule has 2 aromatic carbocycles. The number of amidine groups is 1. The summed E-state index contributed by atoms with van der Waals surface area (Å²) in [5, 5.41) is 0.485. The number of methoxy groups -OCH3 is 1. The van der Waals surface area contributed by atoms with Crippen LogP contribution < -0.4 is 10.5 Å². The van der Waals surface area contributed by atoms with Crippen molar-refractivity contribution in [2.24, 2.45) is 10.7 Å². The molecule has 0 radical (unpaired) electrons. The number of carbonyl (C=O) groups excluding carboxylic acids is 1. The Balaban J connectivity index is 2.17. The largest absolute Gasteiger partial charge is 0.496 e. The molecule has 5 heteroatoms. The number of thioether (sulfide) groups is 1. The molecule has 0 bridgehead atoms. The highest BCUT2D eigenvalue weighted by Gasteiger charge is 2.09. The van der Waals surface area contributed by atoms with Crippen molar-refractivity contribution >= 4 is 28.4 Å². The van der Waals surface area contributed by atoms with E-state index in [4.69, 9.17) is 10.5 Å². The summed E-state index contributed by atoms with van der Waals surface area (Å²) >= 11 is 1.43. The molecule has 0 unspecified atom stereocenters. The molecule has 0 aliphatic rings. The minimum Gasteiger partial charge on any atom is -0.496 e. The fourth-order valence-electron chi connectivity index (χ4n) is 2.25. The Kier molecular flexibility index (Phi) is 6.04.